The number of aryl methyl sites for hydroxylation is 2. The summed E-state index contributed by atoms with van der Waals surface area (Å²) in [5.41, 5.74) is 3.34. The normalized spacial score (nSPS) is 11.0. The zero-order chi connectivity index (χ0) is 20.1. The molecule has 6 heteroatoms. The molecule has 3 aromatic rings. The van der Waals surface area contributed by atoms with Gasteiger partial charge in [-0.3, -0.25) is 9.48 Å². The van der Waals surface area contributed by atoms with Crippen molar-refractivity contribution >= 4 is 23.5 Å². The molecule has 0 aliphatic rings. The minimum absolute atomic E-state index is 0.104. The highest BCUT2D eigenvalue weighted by molar-refractivity contribution is 6.32. The fourth-order valence-corrected chi connectivity index (χ4v) is 3.00. The number of benzene rings is 2. The number of methoxy groups -OCH3 is 1. The van der Waals surface area contributed by atoms with Crippen LogP contribution in [0.5, 0.6) is 11.5 Å². The lowest BCUT2D eigenvalue weighted by molar-refractivity contribution is 0.104. The number of hydrogen-bond donors (Lipinski definition) is 0. The molecule has 28 heavy (non-hydrogen) atoms. The summed E-state index contributed by atoms with van der Waals surface area (Å²) in [5, 5.41) is 4.58. The van der Waals surface area contributed by atoms with Gasteiger partial charge in [-0.25, -0.2) is 0 Å². The number of halogens is 1. The molecular formula is C22H21ClN2O3. The van der Waals surface area contributed by atoms with Crippen LogP contribution in [-0.2, 0) is 13.7 Å². The lowest BCUT2D eigenvalue weighted by Crippen LogP contribution is -2.00. The number of carbonyl (C=O) groups excluding carboxylic acids is 1. The second kappa shape index (κ2) is 8.76. The summed E-state index contributed by atoms with van der Waals surface area (Å²) in [6.07, 6.45) is 6.52. The molecule has 1 heterocycles. The Hall–Kier alpha value is -3.05. The zero-order valence-corrected chi connectivity index (χ0v) is 16.7. The van der Waals surface area contributed by atoms with E-state index >= 15 is 0 Å². The third-order valence-corrected chi connectivity index (χ3v) is 4.49. The lowest BCUT2D eigenvalue weighted by atomic mass is 10.1. The average molecular weight is 397 g/mol. The van der Waals surface area contributed by atoms with Crippen LogP contribution in [0.1, 0.15) is 27.0 Å². The van der Waals surface area contributed by atoms with E-state index in [4.69, 9.17) is 21.1 Å². The van der Waals surface area contributed by atoms with E-state index in [1.807, 2.05) is 43.3 Å². The Labute approximate surface area is 169 Å². The molecule has 0 spiro atoms. The van der Waals surface area contributed by atoms with Crippen LogP contribution in [0.2, 0.25) is 5.02 Å². The highest BCUT2D eigenvalue weighted by Crippen LogP contribution is 2.28. The van der Waals surface area contributed by atoms with Crippen LogP contribution in [0.3, 0.4) is 0 Å². The minimum atomic E-state index is -0.104. The van der Waals surface area contributed by atoms with Crippen molar-refractivity contribution in [1.29, 1.82) is 0 Å². The molecule has 5 nitrogen and oxygen atoms in total. The Morgan fingerprint density at radius 3 is 2.68 bits per heavy atom. The largest absolute Gasteiger partial charge is 0.496 e. The van der Waals surface area contributed by atoms with Crippen molar-refractivity contribution in [3.05, 3.63) is 82.1 Å². The van der Waals surface area contributed by atoms with E-state index in [1.165, 1.54) is 6.08 Å². The second-order valence-corrected chi connectivity index (χ2v) is 6.80. The molecule has 144 valence electrons. The first kappa shape index (κ1) is 19.7. The molecule has 0 radical (unpaired) electrons. The number of allylic oxidation sites excluding steroid dienone is 1. The monoisotopic (exact) mass is 396 g/mol. The Morgan fingerprint density at radius 2 is 2.00 bits per heavy atom. The van der Waals surface area contributed by atoms with Crippen LogP contribution in [0.15, 0.2) is 54.9 Å². The SMILES string of the molecule is COc1ccc(/C=C/C(=O)c2cnn(C)c2)cc1COc1ccc(C)cc1Cl. The van der Waals surface area contributed by atoms with Gasteiger partial charge in [0.2, 0.25) is 0 Å². The van der Waals surface area contributed by atoms with Crippen molar-refractivity contribution in [2.24, 2.45) is 7.05 Å². The second-order valence-electron chi connectivity index (χ2n) is 6.39. The van der Waals surface area contributed by atoms with Crippen molar-refractivity contribution < 1.29 is 14.3 Å². The van der Waals surface area contributed by atoms with Gasteiger partial charge in [-0.05, 0) is 48.4 Å². The van der Waals surface area contributed by atoms with Gasteiger partial charge < -0.3 is 9.47 Å². The van der Waals surface area contributed by atoms with Gasteiger partial charge in [-0.1, -0.05) is 29.8 Å². The molecule has 0 amide bonds. The van der Waals surface area contributed by atoms with E-state index in [0.29, 0.717) is 28.7 Å². The number of hydrogen-bond acceptors (Lipinski definition) is 4. The van der Waals surface area contributed by atoms with E-state index in [2.05, 4.69) is 5.10 Å². The number of ether oxygens (including phenoxy) is 2. The van der Waals surface area contributed by atoms with Gasteiger partial charge in [-0.15, -0.1) is 0 Å². The lowest BCUT2D eigenvalue weighted by Gasteiger charge is -2.12. The van der Waals surface area contributed by atoms with E-state index in [0.717, 1.165) is 16.7 Å². The van der Waals surface area contributed by atoms with Crippen LogP contribution >= 0.6 is 11.6 Å². The molecule has 2 aromatic carbocycles. The van der Waals surface area contributed by atoms with Gasteiger partial charge in [0.25, 0.3) is 0 Å². The summed E-state index contributed by atoms with van der Waals surface area (Å²) in [4.78, 5) is 12.2. The smallest absolute Gasteiger partial charge is 0.189 e. The van der Waals surface area contributed by atoms with Gasteiger partial charge in [0.15, 0.2) is 5.78 Å². The first-order chi connectivity index (χ1) is 13.5. The van der Waals surface area contributed by atoms with Crippen molar-refractivity contribution in [3.63, 3.8) is 0 Å². The standard InChI is InChI=1S/C22H21ClN2O3/c1-15-4-8-22(19(23)10-15)28-14-17-11-16(6-9-21(17)27-3)5-7-20(26)18-12-24-25(2)13-18/h4-13H,14H2,1-3H3/b7-5+. The Balaban J connectivity index is 1.75. The zero-order valence-electron chi connectivity index (χ0n) is 16.0. The topological polar surface area (TPSA) is 53.3 Å². The predicted molar refractivity (Wildman–Crippen MR) is 110 cm³/mol. The number of aromatic nitrogens is 2. The summed E-state index contributed by atoms with van der Waals surface area (Å²) in [6.45, 7) is 2.27. The van der Waals surface area contributed by atoms with Gasteiger partial charge in [0.1, 0.15) is 18.1 Å². The summed E-state index contributed by atoms with van der Waals surface area (Å²) in [5.74, 6) is 1.22. The van der Waals surface area contributed by atoms with Crippen molar-refractivity contribution in [1.82, 2.24) is 9.78 Å². The van der Waals surface area contributed by atoms with Crippen LogP contribution in [0, 0.1) is 6.92 Å². The van der Waals surface area contributed by atoms with E-state index in [1.54, 1.807) is 37.3 Å². The van der Waals surface area contributed by atoms with E-state index in [-0.39, 0.29) is 5.78 Å². The van der Waals surface area contributed by atoms with E-state index < -0.39 is 0 Å². The molecule has 3 rings (SSSR count). The molecular weight excluding hydrogens is 376 g/mol. The molecule has 0 atom stereocenters. The van der Waals surface area contributed by atoms with Gasteiger partial charge in [0.05, 0.1) is 23.9 Å². The van der Waals surface area contributed by atoms with Crippen LogP contribution < -0.4 is 9.47 Å². The quantitative estimate of drug-likeness (QED) is 0.422. The third-order valence-electron chi connectivity index (χ3n) is 4.19. The van der Waals surface area contributed by atoms with Crippen LogP contribution in [-0.4, -0.2) is 22.7 Å². The predicted octanol–water partition coefficient (Wildman–Crippen LogP) is 4.87. The van der Waals surface area contributed by atoms with Crippen LogP contribution in [0.25, 0.3) is 6.08 Å². The molecule has 1 aromatic heterocycles. The Morgan fingerprint density at radius 1 is 1.21 bits per heavy atom. The maximum atomic E-state index is 12.2. The molecule has 0 unspecified atom stereocenters. The minimum Gasteiger partial charge on any atom is -0.496 e. The van der Waals surface area contributed by atoms with Gasteiger partial charge >= 0.3 is 0 Å². The van der Waals surface area contributed by atoms with Crippen molar-refractivity contribution in [2.75, 3.05) is 7.11 Å². The molecule has 0 saturated carbocycles. The third kappa shape index (κ3) is 4.81. The molecule has 0 N–H and O–H groups in total. The Bertz CT molecular complexity index is 1020. The molecule has 0 fully saturated rings. The van der Waals surface area contributed by atoms with E-state index in [9.17, 15) is 4.79 Å². The van der Waals surface area contributed by atoms with Gasteiger partial charge in [-0.2, -0.15) is 5.10 Å². The molecule has 0 saturated heterocycles. The van der Waals surface area contributed by atoms with Crippen molar-refractivity contribution in [2.45, 2.75) is 13.5 Å². The highest BCUT2D eigenvalue weighted by Gasteiger charge is 2.08. The first-order valence-corrected chi connectivity index (χ1v) is 9.11. The summed E-state index contributed by atoms with van der Waals surface area (Å²) >= 11 is 6.23. The fourth-order valence-electron chi connectivity index (χ4n) is 2.71. The maximum absolute atomic E-state index is 12.2. The molecule has 0 aliphatic carbocycles. The first-order valence-electron chi connectivity index (χ1n) is 8.73. The summed E-state index contributed by atoms with van der Waals surface area (Å²) in [7, 11) is 3.38. The average Bonchev–Trinajstić information content (AvgIpc) is 3.12. The number of carbonyl (C=O) groups is 1. The maximum Gasteiger partial charge on any atom is 0.189 e. The number of nitrogens with zero attached hydrogens (tertiary/aromatic N) is 2. The van der Waals surface area contributed by atoms with Crippen molar-refractivity contribution in [3.8, 4) is 11.5 Å². The summed E-state index contributed by atoms with van der Waals surface area (Å²) in [6, 6.07) is 11.3. The molecule has 0 bridgehead atoms. The molecule has 0 aliphatic heterocycles. The number of ketones is 1. The summed E-state index contributed by atoms with van der Waals surface area (Å²) < 4.78 is 12.9. The van der Waals surface area contributed by atoms with Crippen LogP contribution in [0.4, 0.5) is 0 Å². The van der Waals surface area contributed by atoms with Gasteiger partial charge in [0, 0.05) is 18.8 Å². The highest BCUT2D eigenvalue weighted by atomic mass is 35.5. The Kier molecular flexibility index (Phi) is 6.16. The fraction of sp³-hybridized carbons (Fsp3) is 0.182. The number of rotatable bonds is 7.